The summed E-state index contributed by atoms with van der Waals surface area (Å²) in [5, 5.41) is 23.6. The monoisotopic (exact) mass is 852 g/mol. The van der Waals surface area contributed by atoms with Gasteiger partial charge in [0.15, 0.2) is 17.5 Å². The molecule has 0 saturated heterocycles. The van der Waals surface area contributed by atoms with Crippen molar-refractivity contribution < 1.29 is 0 Å². The van der Waals surface area contributed by atoms with E-state index in [0.29, 0.717) is 23.8 Å². The van der Waals surface area contributed by atoms with Crippen LogP contribution in [-0.2, 0) is 0 Å². The Morgan fingerprint density at radius 1 is 0.787 bits per heavy atom. The number of imidazole rings is 2. The predicted octanol–water partition coefficient (Wildman–Crippen LogP) is 7.02. The van der Waals surface area contributed by atoms with Crippen LogP contribution < -0.4 is 14.7 Å². The van der Waals surface area contributed by atoms with Gasteiger partial charge in [-0.15, -0.1) is 32.9 Å². The van der Waals surface area contributed by atoms with Crippen LogP contribution in [0.3, 0.4) is 0 Å². The fourth-order valence-corrected chi connectivity index (χ4v) is 10.8. The topological polar surface area (TPSA) is 190 Å². The van der Waals surface area contributed by atoms with E-state index >= 15 is 0 Å². The summed E-state index contributed by atoms with van der Waals surface area (Å²) in [6, 6.07) is 0.292. The fraction of sp³-hybridized carbons (Fsp3) is 0.415. The SMILES string of the molecule is CCC1C(=N)N(C=NC2CCC(N3c4nc(-n5cnc(-c6cscn6)c5)ncc4-n4c(C)nnc4C3CC)C2)c2cnc(-n3cnc(-c4nccs4)c3)nc2N1C1CCCC1. The first-order valence-corrected chi connectivity index (χ1v) is 22.8. The lowest BCUT2D eigenvalue weighted by Gasteiger charge is -2.45. The molecule has 0 amide bonds. The minimum Gasteiger partial charge on any atom is -0.342 e. The molecule has 7 aromatic heterocycles. The Hall–Kier alpha value is -6.28. The van der Waals surface area contributed by atoms with Crippen molar-refractivity contribution in [3.05, 3.63) is 71.6 Å². The summed E-state index contributed by atoms with van der Waals surface area (Å²) < 4.78 is 5.81. The largest absolute Gasteiger partial charge is 0.342 e. The van der Waals surface area contributed by atoms with Crippen molar-refractivity contribution in [2.45, 2.75) is 109 Å². The summed E-state index contributed by atoms with van der Waals surface area (Å²) in [6.07, 6.45) is 23.4. The average Bonchev–Trinajstić information content (AvgIpc) is 4.14. The molecule has 0 bridgehead atoms. The molecule has 7 aromatic rings. The summed E-state index contributed by atoms with van der Waals surface area (Å²) in [7, 11) is 0. The fourth-order valence-electron chi connectivity index (χ4n) is 9.62. The highest BCUT2D eigenvalue weighted by Crippen LogP contribution is 2.45. The van der Waals surface area contributed by atoms with E-state index in [1.54, 1.807) is 35.7 Å². The van der Waals surface area contributed by atoms with E-state index in [1.807, 2.05) is 62.8 Å². The van der Waals surface area contributed by atoms with Crippen LogP contribution in [0.1, 0.15) is 89.3 Å². The number of amidine groups is 1. The number of fused-ring (bicyclic) bond motifs is 4. The molecule has 0 aromatic carbocycles. The van der Waals surface area contributed by atoms with Gasteiger partial charge in [0.2, 0.25) is 11.9 Å². The minimum atomic E-state index is -0.146. The Bertz CT molecular complexity index is 2730. The number of nitrogens with zero attached hydrogens (tertiary/aromatic N) is 17. The first-order chi connectivity index (χ1) is 30.0. The molecule has 2 fully saturated rings. The summed E-state index contributed by atoms with van der Waals surface area (Å²) in [5.41, 5.74) is 5.82. The molecule has 2 aliphatic heterocycles. The second kappa shape index (κ2) is 15.3. The maximum Gasteiger partial charge on any atom is 0.237 e. The molecule has 0 spiro atoms. The molecule has 18 nitrogen and oxygen atoms in total. The lowest BCUT2D eigenvalue weighted by atomic mass is 10.0. The molecule has 4 aliphatic rings. The molecule has 2 aliphatic carbocycles. The Morgan fingerprint density at radius 3 is 2.23 bits per heavy atom. The number of aryl methyl sites for hydroxylation is 1. The summed E-state index contributed by atoms with van der Waals surface area (Å²) in [6.45, 7) is 6.33. The minimum absolute atomic E-state index is 0.0303. The van der Waals surface area contributed by atoms with Crippen molar-refractivity contribution in [1.29, 1.82) is 5.41 Å². The Morgan fingerprint density at radius 2 is 1.51 bits per heavy atom. The van der Waals surface area contributed by atoms with Crippen molar-refractivity contribution in [3.63, 3.8) is 0 Å². The first-order valence-electron chi connectivity index (χ1n) is 21.0. The third-order valence-electron chi connectivity index (χ3n) is 12.5. The maximum absolute atomic E-state index is 9.61. The van der Waals surface area contributed by atoms with E-state index in [1.165, 1.54) is 24.2 Å². The molecule has 11 rings (SSSR count). The molecule has 4 unspecified atom stereocenters. The number of rotatable bonds is 10. The molecule has 2 saturated carbocycles. The predicted molar refractivity (Wildman–Crippen MR) is 235 cm³/mol. The lowest BCUT2D eigenvalue weighted by molar-refractivity contribution is 0.464. The van der Waals surface area contributed by atoms with Crippen LogP contribution in [0.25, 0.3) is 39.7 Å². The quantitative estimate of drug-likeness (QED) is 0.109. The van der Waals surface area contributed by atoms with Gasteiger partial charge in [0.1, 0.15) is 57.8 Å². The van der Waals surface area contributed by atoms with Gasteiger partial charge in [-0.2, -0.15) is 9.97 Å². The van der Waals surface area contributed by atoms with Crippen molar-refractivity contribution >= 4 is 52.2 Å². The van der Waals surface area contributed by atoms with Crippen molar-refractivity contribution in [2.24, 2.45) is 4.99 Å². The number of nitrogens with one attached hydrogen (secondary N) is 1. The Kier molecular flexibility index (Phi) is 9.47. The van der Waals surface area contributed by atoms with Crippen LogP contribution in [0.2, 0.25) is 0 Å². The van der Waals surface area contributed by atoms with Gasteiger partial charge in [-0.1, -0.05) is 26.7 Å². The number of hydrogen-bond donors (Lipinski definition) is 1. The normalized spacial score (nSPS) is 21.5. The smallest absolute Gasteiger partial charge is 0.237 e. The Balaban J connectivity index is 0.904. The highest BCUT2D eigenvalue weighted by atomic mass is 32.1. The van der Waals surface area contributed by atoms with Crippen molar-refractivity contribution in [1.82, 2.24) is 63.8 Å². The molecule has 20 heteroatoms. The third-order valence-corrected chi connectivity index (χ3v) is 13.9. The van der Waals surface area contributed by atoms with E-state index in [4.69, 9.17) is 24.9 Å². The second-order valence-corrected chi connectivity index (χ2v) is 17.6. The van der Waals surface area contributed by atoms with E-state index in [9.17, 15) is 5.41 Å². The second-order valence-electron chi connectivity index (χ2n) is 16.0. The van der Waals surface area contributed by atoms with Crippen LogP contribution >= 0.6 is 22.7 Å². The summed E-state index contributed by atoms with van der Waals surface area (Å²) in [4.78, 5) is 50.2. The first kappa shape index (κ1) is 37.7. The van der Waals surface area contributed by atoms with E-state index in [0.717, 1.165) is 102 Å². The number of hydrogen-bond acceptors (Lipinski definition) is 16. The average molecular weight is 853 g/mol. The van der Waals surface area contributed by atoms with Crippen LogP contribution in [0.4, 0.5) is 17.3 Å². The zero-order valence-corrected chi connectivity index (χ0v) is 35.7. The third kappa shape index (κ3) is 6.41. The van der Waals surface area contributed by atoms with Crippen LogP contribution in [-0.4, -0.2) is 100 Å². The Labute approximate surface area is 359 Å². The number of anilines is 3. The molecule has 1 N–H and O–H groups in total. The van der Waals surface area contributed by atoms with Crippen LogP contribution in [0.15, 0.2) is 64.9 Å². The van der Waals surface area contributed by atoms with Gasteiger partial charge in [-0.25, -0.2) is 29.9 Å². The standard InChI is InChI=1S/C41H44N18S2/c1-4-31-35(42)56(33-15-44-40(50-36(33)58(31)26-8-6-7-9-26)55-18-29(48-21-55)39-43-12-13-61-39)22-46-25-10-11-27(14-25)59-32(5-2)38-53-52-24(3)57(38)34-16-45-41(51-37(34)59)54-17-28(47-20-54)30-19-60-23-49-30/h12-13,15-23,25-27,31-32,42H,4-11,14H2,1-3H3. The van der Waals surface area contributed by atoms with Gasteiger partial charge in [-0.05, 0) is 51.9 Å². The van der Waals surface area contributed by atoms with E-state index in [2.05, 4.69) is 58.3 Å². The van der Waals surface area contributed by atoms with Crippen LogP contribution in [0, 0.1) is 12.3 Å². The van der Waals surface area contributed by atoms with Crippen molar-refractivity contribution in [2.75, 3.05) is 14.7 Å². The molecule has 4 atom stereocenters. The molecular weight excluding hydrogens is 809 g/mol. The number of thiazole rings is 2. The van der Waals surface area contributed by atoms with Crippen LogP contribution in [0.5, 0.6) is 0 Å². The molecule has 9 heterocycles. The van der Waals surface area contributed by atoms with Gasteiger partial charge in [0, 0.05) is 41.4 Å². The number of aliphatic imine (C=N–C) groups is 1. The van der Waals surface area contributed by atoms with Gasteiger partial charge in [0.25, 0.3) is 0 Å². The lowest BCUT2D eigenvalue weighted by Crippen LogP contribution is -2.56. The van der Waals surface area contributed by atoms with Gasteiger partial charge >= 0.3 is 0 Å². The molecule has 61 heavy (non-hydrogen) atoms. The van der Waals surface area contributed by atoms with Gasteiger partial charge in [0.05, 0.1) is 42.4 Å². The summed E-state index contributed by atoms with van der Waals surface area (Å²) in [5.74, 6) is 4.95. The molecule has 310 valence electrons. The highest BCUT2D eigenvalue weighted by Gasteiger charge is 2.43. The van der Waals surface area contributed by atoms with Gasteiger partial charge in [-0.3, -0.25) is 29.0 Å². The zero-order valence-electron chi connectivity index (χ0n) is 34.0. The summed E-state index contributed by atoms with van der Waals surface area (Å²) >= 11 is 3.09. The number of aromatic nitrogens is 13. The van der Waals surface area contributed by atoms with E-state index in [-0.39, 0.29) is 24.2 Å². The highest BCUT2D eigenvalue weighted by molar-refractivity contribution is 7.13. The zero-order chi connectivity index (χ0) is 41.2. The van der Waals surface area contributed by atoms with E-state index < -0.39 is 0 Å². The maximum atomic E-state index is 9.61. The van der Waals surface area contributed by atoms with Gasteiger partial charge < -0.3 is 9.80 Å². The molecule has 0 radical (unpaired) electrons. The van der Waals surface area contributed by atoms with Crippen molar-refractivity contribution in [3.8, 4) is 39.7 Å². The molecular formula is C41H44N18S2.